The monoisotopic (exact) mass is 256 g/mol. The number of rotatable bonds is 3. The van der Waals surface area contributed by atoms with Crippen LogP contribution in [0.3, 0.4) is 0 Å². The quantitative estimate of drug-likeness (QED) is 0.873. The Kier molecular flexibility index (Phi) is 2.54. The second kappa shape index (κ2) is 3.55. The number of aryl methyl sites for hydroxylation is 1. The van der Waals surface area contributed by atoms with Gasteiger partial charge in [0.05, 0.1) is 10.1 Å². The molecule has 3 heteroatoms. The molecule has 76 valence electrons. The van der Waals surface area contributed by atoms with Crippen LogP contribution in [0, 0.1) is 0 Å². The second-order valence-electron chi connectivity index (χ2n) is 4.01. The van der Waals surface area contributed by atoms with Gasteiger partial charge in [-0.1, -0.05) is 6.07 Å². The molecule has 2 nitrogen and oxygen atoms in total. The number of halogens is 1. The van der Waals surface area contributed by atoms with E-state index in [0.29, 0.717) is 0 Å². The molecule has 0 spiro atoms. The Morgan fingerprint density at radius 2 is 2.07 bits per heavy atom. The number of hydrogen-bond donors (Lipinski definition) is 2. The number of phenolic OH excluding ortho intramolecular Hbond substituents is 1. The summed E-state index contributed by atoms with van der Waals surface area (Å²) < 4.78 is 0.720. The van der Waals surface area contributed by atoms with E-state index in [2.05, 4.69) is 15.9 Å². The lowest BCUT2D eigenvalue weighted by molar-refractivity contribution is 0.140. The zero-order valence-electron chi connectivity index (χ0n) is 7.83. The predicted molar refractivity (Wildman–Crippen MR) is 58.3 cm³/mol. The van der Waals surface area contributed by atoms with Crippen LogP contribution in [-0.4, -0.2) is 15.8 Å². The summed E-state index contributed by atoms with van der Waals surface area (Å²) in [5.74, 6) is 0.263. The van der Waals surface area contributed by atoms with Gasteiger partial charge in [0.2, 0.25) is 0 Å². The molecule has 0 aliphatic heterocycles. The minimum atomic E-state index is -0.385. The highest BCUT2D eigenvalue weighted by molar-refractivity contribution is 9.10. The first-order valence-corrected chi connectivity index (χ1v) is 5.58. The molecule has 1 saturated carbocycles. The van der Waals surface area contributed by atoms with Crippen molar-refractivity contribution < 1.29 is 10.2 Å². The molecule has 1 aliphatic rings. The number of aliphatic hydroxyl groups is 1. The summed E-state index contributed by atoms with van der Waals surface area (Å²) in [4.78, 5) is 0. The van der Waals surface area contributed by atoms with Crippen molar-refractivity contribution in [3.8, 4) is 5.75 Å². The fourth-order valence-corrected chi connectivity index (χ4v) is 1.90. The van der Waals surface area contributed by atoms with Crippen LogP contribution >= 0.6 is 15.9 Å². The smallest absolute Gasteiger partial charge is 0.129 e. The maximum Gasteiger partial charge on any atom is 0.129 e. The summed E-state index contributed by atoms with van der Waals surface area (Å²) in [6.07, 6.45) is 3.57. The SMILES string of the molecule is Oc1ccc(CCC2(O)CC2)cc1Br. The molecule has 2 N–H and O–H groups in total. The van der Waals surface area contributed by atoms with Gasteiger partial charge in [-0.05, 0) is 59.3 Å². The highest BCUT2D eigenvalue weighted by Crippen LogP contribution is 2.39. The number of hydrogen-bond acceptors (Lipinski definition) is 2. The maximum atomic E-state index is 9.65. The molecule has 1 aromatic carbocycles. The van der Waals surface area contributed by atoms with Crippen molar-refractivity contribution in [2.24, 2.45) is 0 Å². The largest absolute Gasteiger partial charge is 0.507 e. The molecule has 1 aliphatic carbocycles. The third-order valence-corrected chi connectivity index (χ3v) is 3.35. The van der Waals surface area contributed by atoms with Crippen LogP contribution in [0.25, 0.3) is 0 Å². The number of aromatic hydroxyl groups is 1. The lowest BCUT2D eigenvalue weighted by atomic mass is 10.1. The fraction of sp³-hybridized carbons (Fsp3) is 0.455. The molecule has 1 aromatic rings. The van der Waals surface area contributed by atoms with Crippen LogP contribution in [0.1, 0.15) is 24.8 Å². The van der Waals surface area contributed by atoms with E-state index in [1.165, 1.54) is 0 Å². The van der Waals surface area contributed by atoms with Crippen LogP contribution in [0.5, 0.6) is 5.75 Å². The average Bonchev–Trinajstić information content (AvgIpc) is 2.87. The zero-order chi connectivity index (χ0) is 10.2. The summed E-state index contributed by atoms with van der Waals surface area (Å²) in [5, 5.41) is 18.9. The van der Waals surface area contributed by atoms with E-state index < -0.39 is 0 Å². The Balaban J connectivity index is 1.99. The van der Waals surface area contributed by atoms with E-state index >= 15 is 0 Å². The molecule has 2 rings (SSSR count). The summed E-state index contributed by atoms with van der Waals surface area (Å²) >= 11 is 3.27. The lowest BCUT2D eigenvalue weighted by Crippen LogP contribution is -2.07. The van der Waals surface area contributed by atoms with Gasteiger partial charge in [-0.3, -0.25) is 0 Å². The Morgan fingerprint density at radius 1 is 1.36 bits per heavy atom. The van der Waals surface area contributed by atoms with Gasteiger partial charge in [0.15, 0.2) is 0 Å². The standard InChI is InChI=1S/C11H13BrO2/c12-9-7-8(1-2-10(9)13)3-4-11(14)5-6-11/h1-2,7,13-14H,3-6H2. The molecular weight excluding hydrogens is 244 g/mol. The molecule has 0 radical (unpaired) electrons. The molecular formula is C11H13BrO2. The zero-order valence-corrected chi connectivity index (χ0v) is 9.42. The first kappa shape index (κ1) is 9.99. The highest BCUT2D eigenvalue weighted by Gasteiger charge is 2.39. The Morgan fingerprint density at radius 3 is 2.64 bits per heavy atom. The van der Waals surface area contributed by atoms with Crippen LogP contribution < -0.4 is 0 Å². The van der Waals surface area contributed by atoms with Crippen molar-refractivity contribution >= 4 is 15.9 Å². The molecule has 0 bridgehead atoms. The minimum Gasteiger partial charge on any atom is -0.507 e. The van der Waals surface area contributed by atoms with Crippen LogP contribution in [0.4, 0.5) is 0 Å². The Bertz CT molecular complexity index is 345. The van der Waals surface area contributed by atoms with Gasteiger partial charge in [0, 0.05) is 0 Å². The number of benzene rings is 1. The molecule has 0 amide bonds. The first-order valence-electron chi connectivity index (χ1n) is 4.79. The van der Waals surface area contributed by atoms with E-state index in [0.717, 1.165) is 35.7 Å². The van der Waals surface area contributed by atoms with Gasteiger partial charge in [0.25, 0.3) is 0 Å². The fourth-order valence-electron chi connectivity index (χ4n) is 1.48. The van der Waals surface area contributed by atoms with Crippen molar-refractivity contribution in [2.75, 3.05) is 0 Å². The number of phenols is 1. The third-order valence-electron chi connectivity index (χ3n) is 2.72. The summed E-state index contributed by atoms with van der Waals surface area (Å²) in [7, 11) is 0. The molecule has 1 fully saturated rings. The molecule has 0 saturated heterocycles. The van der Waals surface area contributed by atoms with E-state index in [1.54, 1.807) is 6.07 Å². The van der Waals surface area contributed by atoms with Crippen LogP contribution in [0.15, 0.2) is 22.7 Å². The van der Waals surface area contributed by atoms with E-state index in [-0.39, 0.29) is 11.4 Å². The molecule has 0 heterocycles. The lowest BCUT2D eigenvalue weighted by Gasteiger charge is -2.07. The molecule has 0 atom stereocenters. The van der Waals surface area contributed by atoms with Crippen LogP contribution in [0.2, 0.25) is 0 Å². The average molecular weight is 257 g/mol. The van der Waals surface area contributed by atoms with Crippen molar-refractivity contribution in [1.82, 2.24) is 0 Å². The normalized spacial score (nSPS) is 18.1. The van der Waals surface area contributed by atoms with Gasteiger partial charge in [0.1, 0.15) is 5.75 Å². The van der Waals surface area contributed by atoms with E-state index in [1.807, 2.05) is 12.1 Å². The summed E-state index contributed by atoms with van der Waals surface area (Å²) in [5.41, 5.74) is 0.764. The van der Waals surface area contributed by atoms with Crippen molar-refractivity contribution in [3.63, 3.8) is 0 Å². The van der Waals surface area contributed by atoms with Gasteiger partial charge in [-0.15, -0.1) is 0 Å². The second-order valence-corrected chi connectivity index (χ2v) is 4.86. The van der Waals surface area contributed by atoms with Gasteiger partial charge < -0.3 is 10.2 Å². The summed E-state index contributed by atoms with van der Waals surface area (Å²) in [6, 6.07) is 5.48. The first-order chi connectivity index (χ1) is 6.59. The molecule has 14 heavy (non-hydrogen) atoms. The third kappa shape index (κ3) is 2.28. The predicted octanol–water partition coefficient (Wildman–Crippen LogP) is 2.61. The van der Waals surface area contributed by atoms with Crippen molar-refractivity contribution in [3.05, 3.63) is 28.2 Å². The Hall–Kier alpha value is -0.540. The summed E-state index contributed by atoms with van der Waals surface area (Å²) in [6.45, 7) is 0. The van der Waals surface area contributed by atoms with Crippen LogP contribution in [-0.2, 0) is 6.42 Å². The van der Waals surface area contributed by atoms with Gasteiger partial charge in [-0.25, -0.2) is 0 Å². The Labute approximate surface area is 91.7 Å². The van der Waals surface area contributed by atoms with Crippen molar-refractivity contribution in [1.29, 1.82) is 0 Å². The minimum absolute atomic E-state index is 0.263. The topological polar surface area (TPSA) is 40.5 Å². The molecule has 0 unspecified atom stereocenters. The van der Waals surface area contributed by atoms with Gasteiger partial charge in [-0.2, -0.15) is 0 Å². The maximum absolute atomic E-state index is 9.65. The van der Waals surface area contributed by atoms with Crippen molar-refractivity contribution in [2.45, 2.75) is 31.3 Å². The van der Waals surface area contributed by atoms with Gasteiger partial charge >= 0.3 is 0 Å². The van der Waals surface area contributed by atoms with E-state index in [9.17, 15) is 10.2 Å². The molecule has 0 aromatic heterocycles. The van der Waals surface area contributed by atoms with E-state index in [4.69, 9.17) is 0 Å². The highest BCUT2D eigenvalue weighted by atomic mass is 79.9.